The van der Waals surface area contributed by atoms with Crippen LogP contribution in [0.3, 0.4) is 0 Å². The van der Waals surface area contributed by atoms with E-state index in [2.05, 4.69) is 71.7 Å². The maximum absolute atomic E-state index is 5.14. The number of hydrogen-bond acceptors (Lipinski definition) is 7. The Morgan fingerprint density at radius 3 is 1.43 bits per heavy atom. The van der Waals surface area contributed by atoms with E-state index in [0.717, 1.165) is 77.7 Å². The minimum absolute atomic E-state index is 0.608. The van der Waals surface area contributed by atoms with Crippen molar-refractivity contribution >= 4 is 21.8 Å². The van der Waals surface area contributed by atoms with E-state index in [1.54, 1.807) is 0 Å². The molecule has 0 amide bonds. The van der Waals surface area contributed by atoms with Gasteiger partial charge in [-0.2, -0.15) is 0 Å². The molecule has 0 spiro atoms. The molecule has 0 N–H and O–H groups in total. The molecule has 0 radical (unpaired) electrons. The molecular weight excluding hydrogens is 687 g/mol. The molecule has 6 aromatic carbocycles. The van der Waals surface area contributed by atoms with Crippen LogP contribution in [0.25, 0.3) is 101 Å². The van der Waals surface area contributed by atoms with Crippen molar-refractivity contribution in [2.24, 2.45) is 0 Å². The van der Waals surface area contributed by atoms with E-state index >= 15 is 0 Å². The lowest BCUT2D eigenvalue weighted by Crippen LogP contribution is -2.00. The van der Waals surface area contributed by atoms with Gasteiger partial charge in [0.2, 0.25) is 0 Å². The van der Waals surface area contributed by atoms with Crippen molar-refractivity contribution in [2.45, 2.75) is 0 Å². The zero-order valence-electron chi connectivity index (χ0n) is 30.0. The molecule has 0 aliphatic heterocycles. The zero-order valence-corrected chi connectivity index (χ0v) is 30.0. The predicted octanol–water partition coefficient (Wildman–Crippen LogP) is 11.4. The van der Waals surface area contributed by atoms with Gasteiger partial charge in [0, 0.05) is 56.5 Å². The molecule has 4 aromatic heterocycles. The molecule has 4 heterocycles. The van der Waals surface area contributed by atoms with Gasteiger partial charge in [-0.15, -0.1) is 0 Å². The summed E-state index contributed by atoms with van der Waals surface area (Å²) in [6.07, 6.45) is 3.64. The van der Waals surface area contributed by atoms with Gasteiger partial charge in [0.25, 0.3) is 0 Å². The molecule has 0 aliphatic carbocycles. The summed E-state index contributed by atoms with van der Waals surface area (Å²) in [5.41, 5.74) is 11.0. The molecule has 0 saturated heterocycles. The number of nitrogens with zero attached hydrogens (tertiary/aromatic N) is 7. The second-order valence-electron chi connectivity index (χ2n) is 13.4. The van der Waals surface area contributed by atoms with Crippen molar-refractivity contribution in [3.8, 4) is 79.2 Å². The summed E-state index contributed by atoms with van der Waals surface area (Å²) in [6, 6.07) is 59.3. The van der Waals surface area contributed by atoms with Gasteiger partial charge in [0.1, 0.15) is 0 Å². The Morgan fingerprint density at radius 2 is 0.786 bits per heavy atom. The molecule has 7 nitrogen and oxygen atoms in total. The maximum atomic E-state index is 5.14. The van der Waals surface area contributed by atoms with Gasteiger partial charge < -0.3 is 0 Å². The Bertz CT molecular complexity index is 2970. The average Bonchev–Trinajstić information content (AvgIpc) is 3.29. The second kappa shape index (κ2) is 14.2. The first-order chi connectivity index (χ1) is 27.7. The average molecular weight is 718 g/mol. The van der Waals surface area contributed by atoms with E-state index in [-0.39, 0.29) is 0 Å². The maximum Gasteiger partial charge on any atom is 0.164 e. The number of pyridine rings is 2. The molecule has 0 fully saturated rings. The second-order valence-corrected chi connectivity index (χ2v) is 13.4. The quantitative estimate of drug-likeness (QED) is 0.152. The SMILES string of the molecule is c1ccc(-c2nc(-c3cccc(-c4cccc(-c5nc(-c6ccccc6)nc(-c6ccccc6)n5)c4)c3)cc(-c3ccnc4c3ccc3cccnc34)n2)cc1. The Hall–Kier alpha value is -7.77. The summed E-state index contributed by atoms with van der Waals surface area (Å²) >= 11 is 0. The van der Waals surface area contributed by atoms with Gasteiger partial charge in [0.05, 0.1) is 22.4 Å². The van der Waals surface area contributed by atoms with Gasteiger partial charge >= 0.3 is 0 Å². The minimum Gasteiger partial charge on any atom is -0.254 e. The monoisotopic (exact) mass is 717 g/mol. The first-order valence-corrected chi connectivity index (χ1v) is 18.4. The Kier molecular flexibility index (Phi) is 8.35. The van der Waals surface area contributed by atoms with E-state index in [1.807, 2.05) is 122 Å². The Labute approximate surface area is 323 Å². The fourth-order valence-corrected chi connectivity index (χ4v) is 7.06. The van der Waals surface area contributed by atoms with Crippen molar-refractivity contribution in [2.75, 3.05) is 0 Å². The van der Waals surface area contributed by atoms with Crippen LogP contribution in [0, 0.1) is 0 Å². The molecular formula is C49H31N7. The topological polar surface area (TPSA) is 90.2 Å². The van der Waals surface area contributed by atoms with Crippen LogP contribution in [0.4, 0.5) is 0 Å². The lowest BCUT2D eigenvalue weighted by atomic mass is 9.98. The fourth-order valence-electron chi connectivity index (χ4n) is 7.06. The number of hydrogen-bond donors (Lipinski definition) is 0. The smallest absolute Gasteiger partial charge is 0.164 e. The highest BCUT2D eigenvalue weighted by Gasteiger charge is 2.16. The molecule has 56 heavy (non-hydrogen) atoms. The standard InChI is InChI=1S/C49H31N7/c1-4-13-33(14-5-1)46-52-42(31-43(53-46)40-26-28-51-45-41(40)25-24-32-23-12-27-50-44(32)45)38-21-10-19-36(29-38)37-20-11-22-39(30-37)49-55-47(34-15-6-2-7-16-34)54-48(56-49)35-17-8-3-9-18-35/h1-31H. The van der Waals surface area contributed by atoms with Crippen molar-refractivity contribution in [3.05, 3.63) is 188 Å². The van der Waals surface area contributed by atoms with E-state index in [1.165, 1.54) is 0 Å². The normalized spacial score (nSPS) is 11.2. The van der Waals surface area contributed by atoms with Crippen LogP contribution in [0.1, 0.15) is 0 Å². The highest BCUT2D eigenvalue weighted by Crippen LogP contribution is 2.35. The van der Waals surface area contributed by atoms with Crippen LogP contribution < -0.4 is 0 Å². The molecule has 0 unspecified atom stereocenters. The van der Waals surface area contributed by atoms with Gasteiger partial charge in [-0.3, -0.25) is 9.97 Å². The predicted molar refractivity (Wildman–Crippen MR) is 224 cm³/mol. The molecule has 0 atom stereocenters. The van der Waals surface area contributed by atoms with Gasteiger partial charge in [0.15, 0.2) is 23.3 Å². The van der Waals surface area contributed by atoms with Crippen LogP contribution in [-0.2, 0) is 0 Å². The molecule has 10 rings (SSSR count). The highest BCUT2D eigenvalue weighted by atomic mass is 15.0. The van der Waals surface area contributed by atoms with Gasteiger partial charge in [-0.25, -0.2) is 24.9 Å². The minimum atomic E-state index is 0.608. The molecule has 0 bridgehead atoms. The van der Waals surface area contributed by atoms with Crippen LogP contribution in [-0.4, -0.2) is 34.9 Å². The Morgan fingerprint density at radius 1 is 0.286 bits per heavy atom. The summed E-state index contributed by atoms with van der Waals surface area (Å²) in [6.45, 7) is 0. The van der Waals surface area contributed by atoms with Gasteiger partial charge in [-0.1, -0.05) is 146 Å². The molecule has 262 valence electrons. The van der Waals surface area contributed by atoms with Crippen molar-refractivity contribution in [1.29, 1.82) is 0 Å². The lowest BCUT2D eigenvalue weighted by Gasteiger charge is -2.13. The summed E-state index contributed by atoms with van der Waals surface area (Å²) in [7, 11) is 0. The van der Waals surface area contributed by atoms with Crippen LogP contribution in [0.2, 0.25) is 0 Å². The molecule has 0 saturated carbocycles. The third-order valence-electron chi connectivity index (χ3n) is 9.83. The van der Waals surface area contributed by atoms with E-state index < -0.39 is 0 Å². The third-order valence-corrected chi connectivity index (χ3v) is 9.83. The van der Waals surface area contributed by atoms with Crippen LogP contribution in [0.5, 0.6) is 0 Å². The molecule has 7 heteroatoms. The Balaban J connectivity index is 1.08. The molecule has 0 aliphatic rings. The highest BCUT2D eigenvalue weighted by molar-refractivity contribution is 6.07. The zero-order chi connectivity index (χ0) is 37.3. The number of fused-ring (bicyclic) bond motifs is 3. The number of aromatic nitrogens is 7. The third kappa shape index (κ3) is 6.33. The van der Waals surface area contributed by atoms with Crippen LogP contribution >= 0.6 is 0 Å². The lowest BCUT2D eigenvalue weighted by molar-refractivity contribution is 1.07. The van der Waals surface area contributed by atoms with E-state index in [0.29, 0.717) is 23.3 Å². The summed E-state index contributed by atoms with van der Waals surface area (Å²) in [4.78, 5) is 34.5. The van der Waals surface area contributed by atoms with Crippen molar-refractivity contribution in [3.63, 3.8) is 0 Å². The largest absolute Gasteiger partial charge is 0.254 e. The van der Waals surface area contributed by atoms with Crippen molar-refractivity contribution in [1.82, 2.24) is 34.9 Å². The summed E-state index contributed by atoms with van der Waals surface area (Å²) in [5.74, 6) is 2.51. The number of rotatable bonds is 7. The van der Waals surface area contributed by atoms with Crippen LogP contribution in [0.15, 0.2) is 188 Å². The first-order valence-electron chi connectivity index (χ1n) is 18.4. The van der Waals surface area contributed by atoms with E-state index in [9.17, 15) is 0 Å². The summed E-state index contributed by atoms with van der Waals surface area (Å²) in [5, 5.41) is 2.03. The summed E-state index contributed by atoms with van der Waals surface area (Å²) < 4.78 is 0. The van der Waals surface area contributed by atoms with Gasteiger partial charge in [-0.05, 0) is 41.5 Å². The van der Waals surface area contributed by atoms with Crippen molar-refractivity contribution < 1.29 is 0 Å². The number of benzene rings is 6. The first kappa shape index (κ1) is 32.8. The fraction of sp³-hybridized carbons (Fsp3) is 0. The molecule has 10 aromatic rings. The van der Waals surface area contributed by atoms with E-state index in [4.69, 9.17) is 29.9 Å².